The molecule has 0 spiro atoms. The van der Waals surface area contributed by atoms with Gasteiger partial charge in [0, 0.05) is 5.56 Å². The number of benzene rings is 2. The lowest BCUT2D eigenvalue weighted by Gasteiger charge is -2.24. The van der Waals surface area contributed by atoms with Crippen LogP contribution in [-0.4, -0.2) is 21.7 Å². The molecule has 4 rings (SSSR count). The first-order chi connectivity index (χ1) is 14.5. The number of Topliss-reactive ketones (excluding diaryl/α,β-unsaturated/α-hetero) is 1. The Morgan fingerprint density at radius 2 is 1.73 bits per heavy atom. The van der Waals surface area contributed by atoms with E-state index in [1.165, 1.54) is 11.2 Å². The highest BCUT2D eigenvalue weighted by Crippen LogP contribution is 2.40. The molecule has 0 aliphatic carbocycles. The third-order valence-corrected chi connectivity index (χ3v) is 5.47. The maximum Gasteiger partial charge on any atom is 0.296 e. The smallest absolute Gasteiger partial charge is 0.296 e. The van der Waals surface area contributed by atoms with Crippen molar-refractivity contribution in [3.05, 3.63) is 101 Å². The lowest BCUT2D eigenvalue weighted by molar-refractivity contribution is -0.140. The van der Waals surface area contributed by atoms with Crippen molar-refractivity contribution in [2.75, 3.05) is 0 Å². The molecule has 1 fully saturated rings. The maximum atomic E-state index is 13.0. The van der Waals surface area contributed by atoms with E-state index in [1.54, 1.807) is 24.3 Å². The van der Waals surface area contributed by atoms with Crippen LogP contribution in [0.2, 0.25) is 0 Å². The Kier molecular flexibility index (Phi) is 5.27. The molecule has 1 amide bonds. The summed E-state index contributed by atoms with van der Waals surface area (Å²) < 4.78 is 5.41. The fraction of sp³-hybridized carbons (Fsp3) is 0.200. The van der Waals surface area contributed by atoms with Crippen LogP contribution in [0.5, 0.6) is 0 Å². The first kappa shape index (κ1) is 19.7. The van der Waals surface area contributed by atoms with Gasteiger partial charge in [0.15, 0.2) is 0 Å². The van der Waals surface area contributed by atoms with Crippen molar-refractivity contribution in [1.29, 1.82) is 0 Å². The van der Waals surface area contributed by atoms with Gasteiger partial charge in [0.05, 0.1) is 24.4 Å². The maximum absolute atomic E-state index is 13.0. The number of hydrogen-bond donors (Lipinski definition) is 1. The minimum atomic E-state index is -0.692. The van der Waals surface area contributed by atoms with Crippen LogP contribution in [0.1, 0.15) is 41.0 Å². The van der Waals surface area contributed by atoms with E-state index in [0.29, 0.717) is 11.3 Å². The van der Waals surface area contributed by atoms with Crippen LogP contribution in [0.25, 0.3) is 5.76 Å². The van der Waals surface area contributed by atoms with Crippen LogP contribution in [0.4, 0.5) is 0 Å². The topological polar surface area (TPSA) is 70.8 Å². The number of amides is 1. The Bertz CT molecular complexity index is 1090. The van der Waals surface area contributed by atoms with Crippen LogP contribution >= 0.6 is 0 Å². The lowest BCUT2D eigenvalue weighted by Crippen LogP contribution is -2.29. The largest absolute Gasteiger partial charge is 0.507 e. The summed E-state index contributed by atoms with van der Waals surface area (Å²) in [4.78, 5) is 27.4. The molecule has 0 radical (unpaired) electrons. The molecule has 1 aromatic heterocycles. The SMILES string of the molecule is CCc1ccc([C@H]2C(=C(O)c3ccc(C)cc3)C(=O)C(=O)N2Cc2ccco2)cc1. The quantitative estimate of drug-likeness (QED) is 0.380. The van der Waals surface area contributed by atoms with Crippen LogP contribution in [0.15, 0.2) is 76.9 Å². The fourth-order valence-electron chi connectivity index (χ4n) is 3.76. The zero-order valence-corrected chi connectivity index (χ0v) is 17.0. The predicted octanol–water partition coefficient (Wildman–Crippen LogP) is 4.77. The van der Waals surface area contributed by atoms with E-state index in [1.807, 2.05) is 43.3 Å². The number of rotatable bonds is 5. The molecule has 1 saturated heterocycles. The van der Waals surface area contributed by atoms with E-state index >= 15 is 0 Å². The number of likely N-dealkylation sites (tertiary alicyclic amines) is 1. The van der Waals surface area contributed by atoms with Gasteiger partial charge in [-0.15, -0.1) is 0 Å². The van der Waals surface area contributed by atoms with Crippen LogP contribution in [0.3, 0.4) is 0 Å². The number of aliphatic hydroxyl groups is 1. The molecule has 2 heterocycles. The van der Waals surface area contributed by atoms with Gasteiger partial charge in [-0.3, -0.25) is 9.59 Å². The number of furan rings is 1. The van der Waals surface area contributed by atoms with Gasteiger partial charge in [-0.2, -0.15) is 0 Å². The Balaban J connectivity index is 1.85. The second-order valence-corrected chi connectivity index (χ2v) is 7.47. The van der Waals surface area contributed by atoms with Gasteiger partial charge in [0.1, 0.15) is 11.5 Å². The summed E-state index contributed by atoms with van der Waals surface area (Å²) in [5.41, 5.74) is 3.56. The predicted molar refractivity (Wildman–Crippen MR) is 114 cm³/mol. The standard InChI is InChI=1S/C25H23NO4/c1-3-17-8-12-18(13-9-17)22-21(23(27)19-10-6-16(2)7-11-19)24(28)25(29)26(22)15-20-5-4-14-30-20/h4-14,22,27H,3,15H2,1-2H3/t22-/m0/s1. The van der Waals surface area contributed by atoms with Crippen molar-refractivity contribution < 1.29 is 19.1 Å². The summed E-state index contributed by atoms with van der Waals surface area (Å²) >= 11 is 0. The van der Waals surface area contributed by atoms with Gasteiger partial charge in [0.2, 0.25) is 0 Å². The summed E-state index contributed by atoms with van der Waals surface area (Å²) in [5.74, 6) is -0.934. The van der Waals surface area contributed by atoms with Gasteiger partial charge in [0.25, 0.3) is 11.7 Å². The van der Waals surface area contributed by atoms with Crippen molar-refractivity contribution in [1.82, 2.24) is 4.90 Å². The molecule has 5 heteroatoms. The minimum Gasteiger partial charge on any atom is -0.507 e. The zero-order valence-electron chi connectivity index (χ0n) is 17.0. The van der Waals surface area contributed by atoms with Crippen molar-refractivity contribution in [2.24, 2.45) is 0 Å². The lowest BCUT2D eigenvalue weighted by atomic mass is 9.94. The summed E-state index contributed by atoms with van der Waals surface area (Å²) in [6, 6.07) is 17.8. The summed E-state index contributed by atoms with van der Waals surface area (Å²) in [6.07, 6.45) is 2.42. The molecule has 5 nitrogen and oxygen atoms in total. The molecule has 1 atom stereocenters. The Morgan fingerprint density at radius 1 is 1.03 bits per heavy atom. The number of aliphatic hydroxyl groups excluding tert-OH is 1. The van der Waals surface area contributed by atoms with E-state index in [2.05, 4.69) is 6.92 Å². The van der Waals surface area contributed by atoms with E-state index in [9.17, 15) is 14.7 Å². The fourth-order valence-corrected chi connectivity index (χ4v) is 3.76. The molecule has 3 aromatic rings. The highest BCUT2D eigenvalue weighted by atomic mass is 16.3. The first-order valence-corrected chi connectivity index (χ1v) is 9.96. The van der Waals surface area contributed by atoms with Crippen molar-refractivity contribution in [3.63, 3.8) is 0 Å². The van der Waals surface area contributed by atoms with Crippen molar-refractivity contribution >= 4 is 17.4 Å². The number of nitrogens with zero attached hydrogens (tertiary/aromatic N) is 1. The molecule has 2 aromatic carbocycles. The highest BCUT2D eigenvalue weighted by molar-refractivity contribution is 6.46. The molecular formula is C25H23NO4. The van der Waals surface area contributed by atoms with Gasteiger partial charge in [-0.1, -0.05) is 61.0 Å². The molecule has 1 aliphatic rings. The highest BCUT2D eigenvalue weighted by Gasteiger charge is 2.46. The Hall–Kier alpha value is -3.60. The number of carbonyl (C=O) groups excluding carboxylic acids is 2. The normalized spacial score (nSPS) is 18.2. The molecule has 0 saturated carbocycles. The zero-order chi connectivity index (χ0) is 21.3. The number of carbonyl (C=O) groups is 2. The van der Waals surface area contributed by atoms with Crippen LogP contribution < -0.4 is 0 Å². The number of aryl methyl sites for hydroxylation is 2. The van der Waals surface area contributed by atoms with Gasteiger partial charge >= 0.3 is 0 Å². The molecule has 0 bridgehead atoms. The van der Waals surface area contributed by atoms with Gasteiger partial charge < -0.3 is 14.4 Å². The molecule has 152 valence electrons. The van der Waals surface area contributed by atoms with Crippen molar-refractivity contribution in [2.45, 2.75) is 32.9 Å². The second kappa shape index (κ2) is 8.03. The Morgan fingerprint density at radius 3 is 2.33 bits per heavy atom. The van der Waals surface area contributed by atoms with E-state index in [4.69, 9.17) is 4.42 Å². The second-order valence-electron chi connectivity index (χ2n) is 7.47. The van der Waals surface area contributed by atoms with Crippen LogP contribution in [-0.2, 0) is 22.6 Å². The van der Waals surface area contributed by atoms with E-state index in [-0.39, 0.29) is 17.9 Å². The summed E-state index contributed by atoms with van der Waals surface area (Å²) in [7, 11) is 0. The Labute approximate surface area is 175 Å². The molecule has 0 unspecified atom stereocenters. The van der Waals surface area contributed by atoms with Crippen LogP contribution in [0, 0.1) is 6.92 Å². The van der Waals surface area contributed by atoms with E-state index in [0.717, 1.165) is 23.1 Å². The van der Waals surface area contributed by atoms with E-state index < -0.39 is 17.7 Å². The molecule has 1 N–H and O–H groups in total. The number of ketones is 1. The molecule has 1 aliphatic heterocycles. The molecular weight excluding hydrogens is 378 g/mol. The third kappa shape index (κ3) is 3.54. The minimum absolute atomic E-state index is 0.0969. The summed E-state index contributed by atoms with van der Waals surface area (Å²) in [5, 5.41) is 11.0. The van der Waals surface area contributed by atoms with Gasteiger partial charge in [-0.25, -0.2) is 0 Å². The average Bonchev–Trinajstić information content (AvgIpc) is 3.36. The number of hydrogen-bond acceptors (Lipinski definition) is 4. The summed E-state index contributed by atoms with van der Waals surface area (Å²) in [6.45, 7) is 4.15. The average molecular weight is 401 g/mol. The first-order valence-electron chi connectivity index (χ1n) is 9.96. The third-order valence-electron chi connectivity index (χ3n) is 5.47. The van der Waals surface area contributed by atoms with Crippen molar-refractivity contribution in [3.8, 4) is 0 Å². The molecule has 30 heavy (non-hydrogen) atoms. The van der Waals surface area contributed by atoms with Gasteiger partial charge in [-0.05, 0) is 36.6 Å². The monoisotopic (exact) mass is 401 g/mol.